The second kappa shape index (κ2) is 8.63. The zero-order valence-electron chi connectivity index (χ0n) is 16.0. The number of fused-ring (bicyclic) bond motifs is 1. The van der Waals surface area contributed by atoms with Crippen LogP contribution < -0.4 is 10.2 Å². The van der Waals surface area contributed by atoms with Crippen molar-refractivity contribution in [2.24, 2.45) is 0 Å². The summed E-state index contributed by atoms with van der Waals surface area (Å²) >= 11 is 0. The molecule has 0 aliphatic carbocycles. The third-order valence-electron chi connectivity index (χ3n) is 5.47. The lowest BCUT2D eigenvalue weighted by Crippen LogP contribution is -2.44. The van der Waals surface area contributed by atoms with Gasteiger partial charge in [-0.2, -0.15) is 0 Å². The molecule has 0 aromatic heterocycles. The Kier molecular flexibility index (Phi) is 5.78. The molecule has 29 heavy (non-hydrogen) atoms. The maximum atomic E-state index is 13.4. The monoisotopic (exact) mass is 396 g/mol. The molecule has 2 aromatic rings. The first-order chi connectivity index (χ1) is 14.2. The summed E-state index contributed by atoms with van der Waals surface area (Å²) in [7, 11) is 0. The Balaban J connectivity index is 1.68. The zero-order chi connectivity index (χ0) is 20.2. The van der Waals surface area contributed by atoms with Gasteiger partial charge in [-0.1, -0.05) is 36.4 Å². The first kappa shape index (κ1) is 19.4. The Morgan fingerprint density at radius 3 is 2.66 bits per heavy atom. The van der Waals surface area contributed by atoms with Crippen molar-refractivity contribution in [3.8, 4) is 5.75 Å². The van der Waals surface area contributed by atoms with Gasteiger partial charge < -0.3 is 14.4 Å². The number of nitrogens with one attached hydrogen (secondary N) is 1. The Morgan fingerprint density at radius 2 is 1.93 bits per heavy atom. The van der Waals surface area contributed by atoms with Gasteiger partial charge in [-0.15, -0.1) is 0 Å². The average Bonchev–Trinajstić information content (AvgIpc) is 2.98. The molecule has 2 amide bonds. The van der Waals surface area contributed by atoms with Crippen LogP contribution in [0.3, 0.4) is 0 Å². The van der Waals surface area contributed by atoms with E-state index in [-0.39, 0.29) is 24.1 Å². The van der Waals surface area contributed by atoms with E-state index in [1.165, 1.54) is 0 Å². The number of carbonyl (C=O) groups is 2. The van der Waals surface area contributed by atoms with Crippen LogP contribution in [0.2, 0.25) is 0 Å². The van der Waals surface area contributed by atoms with Gasteiger partial charge in [-0.3, -0.25) is 14.8 Å². The second-order valence-electron chi connectivity index (χ2n) is 7.32. The van der Waals surface area contributed by atoms with Gasteiger partial charge >= 0.3 is 0 Å². The molecule has 0 radical (unpaired) electrons. The van der Waals surface area contributed by atoms with Gasteiger partial charge in [0.05, 0.1) is 12.6 Å². The summed E-state index contributed by atoms with van der Waals surface area (Å²) in [5, 5.41) is 8.89. The van der Waals surface area contributed by atoms with Crippen molar-refractivity contribution in [1.29, 1.82) is 0 Å². The van der Waals surface area contributed by atoms with Gasteiger partial charge in [0.15, 0.2) is 0 Å². The van der Waals surface area contributed by atoms with Crippen molar-refractivity contribution in [3.05, 3.63) is 65.2 Å². The number of rotatable bonds is 3. The lowest BCUT2D eigenvalue weighted by molar-refractivity contribution is -0.150. The summed E-state index contributed by atoms with van der Waals surface area (Å²) in [5.74, 6) is -0.108. The summed E-state index contributed by atoms with van der Waals surface area (Å²) in [6, 6.07) is 14.5. The van der Waals surface area contributed by atoms with Gasteiger partial charge in [0.25, 0.3) is 11.8 Å². The Labute approximate surface area is 169 Å². The van der Waals surface area contributed by atoms with E-state index in [2.05, 4.69) is 0 Å². The minimum absolute atomic E-state index is 0.0350. The molecule has 1 fully saturated rings. The highest BCUT2D eigenvalue weighted by molar-refractivity contribution is 5.93. The van der Waals surface area contributed by atoms with Crippen LogP contribution in [0, 0.1) is 0 Å². The third-order valence-corrected chi connectivity index (χ3v) is 5.47. The SMILES string of the molecule is O=C(NO)c1ccc2c(c1)OC[C@H](c1ccccc1)N(C(=O)[C@H]1CCCCO1)C2. The number of ether oxygens (including phenoxy) is 2. The Morgan fingerprint density at radius 1 is 1.10 bits per heavy atom. The molecule has 0 spiro atoms. The van der Waals surface area contributed by atoms with Crippen molar-refractivity contribution >= 4 is 11.8 Å². The topological polar surface area (TPSA) is 88.1 Å². The number of hydrogen-bond acceptors (Lipinski definition) is 5. The van der Waals surface area contributed by atoms with Gasteiger partial charge in [0, 0.05) is 17.7 Å². The number of hydrogen-bond donors (Lipinski definition) is 2. The lowest BCUT2D eigenvalue weighted by atomic mass is 10.0. The van der Waals surface area contributed by atoms with E-state index < -0.39 is 12.0 Å². The quantitative estimate of drug-likeness (QED) is 0.615. The molecule has 7 heteroatoms. The lowest BCUT2D eigenvalue weighted by Gasteiger charge is -2.33. The number of nitrogens with zero attached hydrogens (tertiary/aromatic N) is 1. The van der Waals surface area contributed by atoms with Crippen molar-refractivity contribution < 1.29 is 24.3 Å². The molecule has 2 aromatic carbocycles. The van der Waals surface area contributed by atoms with E-state index in [9.17, 15) is 9.59 Å². The summed E-state index contributed by atoms with van der Waals surface area (Å²) < 4.78 is 11.8. The molecule has 1 saturated heterocycles. The molecule has 0 unspecified atom stereocenters. The van der Waals surface area contributed by atoms with E-state index in [0.717, 1.165) is 30.4 Å². The van der Waals surface area contributed by atoms with Crippen molar-refractivity contribution in [3.63, 3.8) is 0 Å². The zero-order valence-corrected chi connectivity index (χ0v) is 16.0. The highest BCUT2D eigenvalue weighted by Crippen LogP contribution is 2.33. The number of carbonyl (C=O) groups excluding carboxylic acids is 2. The highest BCUT2D eigenvalue weighted by atomic mass is 16.5. The molecule has 4 rings (SSSR count). The van der Waals surface area contributed by atoms with Crippen LogP contribution in [-0.2, 0) is 16.1 Å². The second-order valence-corrected chi connectivity index (χ2v) is 7.32. The summed E-state index contributed by atoms with van der Waals surface area (Å²) in [4.78, 5) is 26.9. The fourth-order valence-corrected chi connectivity index (χ4v) is 3.88. The molecule has 2 heterocycles. The normalized spacial score (nSPS) is 21.5. The Bertz CT molecular complexity index is 880. The predicted octanol–water partition coefficient (Wildman–Crippen LogP) is 2.84. The molecule has 0 bridgehead atoms. The van der Waals surface area contributed by atoms with Crippen molar-refractivity contribution in [2.75, 3.05) is 13.2 Å². The summed E-state index contributed by atoms with van der Waals surface area (Å²) in [5.41, 5.74) is 3.71. The van der Waals surface area contributed by atoms with Crippen molar-refractivity contribution in [2.45, 2.75) is 38.0 Å². The number of amides is 2. The smallest absolute Gasteiger partial charge is 0.274 e. The minimum Gasteiger partial charge on any atom is -0.491 e. The minimum atomic E-state index is -0.608. The van der Waals surface area contributed by atoms with E-state index >= 15 is 0 Å². The van der Waals surface area contributed by atoms with Crippen LogP contribution in [0.4, 0.5) is 0 Å². The molecule has 0 saturated carbocycles. The average molecular weight is 396 g/mol. The molecule has 2 N–H and O–H groups in total. The van der Waals surface area contributed by atoms with Crippen LogP contribution in [0.15, 0.2) is 48.5 Å². The maximum absolute atomic E-state index is 13.4. The summed E-state index contributed by atoms with van der Waals surface area (Å²) in [6.07, 6.45) is 2.25. The fourth-order valence-electron chi connectivity index (χ4n) is 3.88. The molecule has 2 aliphatic heterocycles. The molecule has 152 valence electrons. The molecule has 2 aliphatic rings. The number of benzene rings is 2. The van der Waals surface area contributed by atoms with E-state index in [1.54, 1.807) is 23.7 Å². The van der Waals surface area contributed by atoms with Crippen LogP contribution in [0.25, 0.3) is 0 Å². The Hall–Kier alpha value is -2.90. The van der Waals surface area contributed by atoms with Gasteiger partial charge in [-0.25, -0.2) is 5.48 Å². The van der Waals surface area contributed by atoms with Crippen LogP contribution in [-0.4, -0.2) is 41.2 Å². The highest BCUT2D eigenvalue weighted by Gasteiger charge is 2.35. The first-order valence-corrected chi connectivity index (χ1v) is 9.84. The van der Waals surface area contributed by atoms with Crippen LogP contribution in [0.1, 0.15) is 46.8 Å². The van der Waals surface area contributed by atoms with E-state index in [4.69, 9.17) is 14.7 Å². The maximum Gasteiger partial charge on any atom is 0.274 e. The van der Waals surface area contributed by atoms with Gasteiger partial charge in [-0.05, 0) is 37.0 Å². The molecular weight excluding hydrogens is 372 g/mol. The molecule has 7 nitrogen and oxygen atoms in total. The molecular formula is C22H24N2O5. The number of hydroxylamine groups is 1. The van der Waals surface area contributed by atoms with Gasteiger partial charge in [0.2, 0.25) is 0 Å². The van der Waals surface area contributed by atoms with Crippen LogP contribution in [0.5, 0.6) is 5.75 Å². The fraction of sp³-hybridized carbons (Fsp3) is 0.364. The van der Waals surface area contributed by atoms with E-state index in [1.807, 2.05) is 35.2 Å². The largest absolute Gasteiger partial charge is 0.491 e. The van der Waals surface area contributed by atoms with Crippen LogP contribution >= 0.6 is 0 Å². The van der Waals surface area contributed by atoms with E-state index in [0.29, 0.717) is 18.9 Å². The molecule has 2 atom stereocenters. The third kappa shape index (κ3) is 4.11. The van der Waals surface area contributed by atoms with Gasteiger partial charge in [0.1, 0.15) is 18.5 Å². The summed E-state index contributed by atoms with van der Waals surface area (Å²) in [6.45, 7) is 1.22. The van der Waals surface area contributed by atoms with Crippen molar-refractivity contribution in [1.82, 2.24) is 10.4 Å². The first-order valence-electron chi connectivity index (χ1n) is 9.84. The predicted molar refractivity (Wildman–Crippen MR) is 105 cm³/mol. The standard InChI is InChI=1S/C22H24N2O5/c25-21(23-27)16-9-10-17-13-24(22(26)19-8-4-5-11-28-19)18(14-29-20(17)12-16)15-6-2-1-3-7-15/h1-3,6-7,9-10,12,18-19,27H,4-5,8,11,13-14H2,(H,23,25)/t18-,19-/m1/s1.